The molecule has 0 saturated carbocycles. The molecule has 2 N–H and O–H groups in total. The van der Waals surface area contributed by atoms with Crippen LogP contribution >= 0.6 is 0 Å². The van der Waals surface area contributed by atoms with E-state index in [1.54, 1.807) is 35.3 Å². The molecule has 0 bridgehead atoms. The molecule has 28 heavy (non-hydrogen) atoms. The average molecular weight is 372 g/mol. The minimum atomic E-state index is -0.221. The highest BCUT2D eigenvalue weighted by molar-refractivity contribution is 5.76. The van der Waals surface area contributed by atoms with Crippen molar-refractivity contribution in [2.24, 2.45) is 0 Å². The quantitative estimate of drug-likeness (QED) is 0.504. The summed E-state index contributed by atoms with van der Waals surface area (Å²) >= 11 is 0. The highest BCUT2D eigenvalue weighted by Gasteiger charge is 2.13. The van der Waals surface area contributed by atoms with E-state index in [-0.39, 0.29) is 5.69 Å². The molecule has 0 unspecified atom stereocenters. The highest BCUT2D eigenvalue weighted by atomic mass is 16.5. The Balaban J connectivity index is 1.49. The second-order valence-electron chi connectivity index (χ2n) is 6.32. The van der Waals surface area contributed by atoms with Crippen LogP contribution in [-0.4, -0.2) is 29.5 Å². The van der Waals surface area contributed by atoms with Crippen molar-refractivity contribution >= 4 is 22.2 Å². The summed E-state index contributed by atoms with van der Waals surface area (Å²) in [7, 11) is 0. The highest BCUT2D eigenvalue weighted by Crippen LogP contribution is 2.23. The van der Waals surface area contributed by atoms with E-state index >= 15 is 0 Å². The number of pyridine rings is 2. The van der Waals surface area contributed by atoms with Crippen molar-refractivity contribution in [3.8, 4) is 17.4 Å². The molecule has 0 fully saturated rings. The lowest BCUT2D eigenvalue weighted by atomic mass is 10.2. The molecule has 4 aromatic heterocycles. The van der Waals surface area contributed by atoms with Gasteiger partial charge < -0.3 is 14.7 Å². The zero-order chi connectivity index (χ0) is 19.1. The van der Waals surface area contributed by atoms with Crippen molar-refractivity contribution in [1.82, 2.24) is 29.5 Å². The van der Waals surface area contributed by atoms with Crippen molar-refractivity contribution in [1.29, 1.82) is 0 Å². The summed E-state index contributed by atoms with van der Waals surface area (Å²) in [5.41, 5.74) is 4.51. The van der Waals surface area contributed by atoms with Crippen LogP contribution in [0.3, 0.4) is 0 Å². The number of hydrogen-bond acceptors (Lipinski definition) is 5. The molecule has 138 valence electrons. The standard InChI is InChI=1S/C20H16N6O2/c1-2-12-7-10-22-18-17(12)25-20(27)26(18)13-3-5-14(6-4-13)28-19-23-15-8-9-21-11-16(15)24-19/h3-11H,2H2,1H3,(H,23,24)(H,25,27). The van der Waals surface area contributed by atoms with E-state index in [0.717, 1.165) is 28.5 Å². The van der Waals surface area contributed by atoms with Gasteiger partial charge in [0.2, 0.25) is 0 Å². The van der Waals surface area contributed by atoms with Gasteiger partial charge in [0.1, 0.15) is 5.75 Å². The van der Waals surface area contributed by atoms with Crippen molar-refractivity contribution < 1.29 is 4.74 Å². The van der Waals surface area contributed by atoms with Crippen LogP contribution in [0.4, 0.5) is 0 Å². The summed E-state index contributed by atoms with van der Waals surface area (Å²) in [5.74, 6) is 0.603. The van der Waals surface area contributed by atoms with Gasteiger partial charge in [0.25, 0.3) is 6.01 Å². The molecular weight excluding hydrogens is 356 g/mol. The summed E-state index contributed by atoms with van der Waals surface area (Å²) in [5, 5.41) is 0. The summed E-state index contributed by atoms with van der Waals surface area (Å²) < 4.78 is 7.35. The predicted octanol–water partition coefficient (Wildman–Crippen LogP) is 3.34. The third-order valence-electron chi connectivity index (χ3n) is 4.62. The lowest BCUT2D eigenvalue weighted by Crippen LogP contribution is -2.14. The Morgan fingerprint density at radius 1 is 1.07 bits per heavy atom. The van der Waals surface area contributed by atoms with Gasteiger partial charge >= 0.3 is 5.69 Å². The second-order valence-corrected chi connectivity index (χ2v) is 6.32. The Hall–Kier alpha value is -3.94. The van der Waals surface area contributed by atoms with Crippen LogP contribution in [0.25, 0.3) is 27.9 Å². The number of benzene rings is 1. The molecule has 8 nitrogen and oxygen atoms in total. The minimum Gasteiger partial charge on any atom is -0.426 e. The lowest BCUT2D eigenvalue weighted by molar-refractivity contribution is 0.449. The first kappa shape index (κ1) is 16.2. The number of imidazole rings is 2. The van der Waals surface area contributed by atoms with E-state index in [1.807, 2.05) is 31.2 Å². The zero-order valence-electron chi connectivity index (χ0n) is 15.0. The molecule has 0 aliphatic heterocycles. The van der Waals surface area contributed by atoms with Gasteiger partial charge in [0, 0.05) is 12.4 Å². The van der Waals surface area contributed by atoms with Gasteiger partial charge in [-0.2, -0.15) is 4.98 Å². The topological polar surface area (TPSA) is 101 Å². The Morgan fingerprint density at radius 2 is 1.93 bits per heavy atom. The summed E-state index contributed by atoms with van der Waals surface area (Å²) in [6.07, 6.45) is 5.91. The minimum absolute atomic E-state index is 0.221. The number of aromatic nitrogens is 6. The van der Waals surface area contributed by atoms with Crippen LogP contribution in [0.5, 0.6) is 11.8 Å². The average Bonchev–Trinajstić information content (AvgIpc) is 3.28. The van der Waals surface area contributed by atoms with Gasteiger partial charge in [0.05, 0.1) is 28.4 Å². The van der Waals surface area contributed by atoms with Crippen LogP contribution in [0.1, 0.15) is 12.5 Å². The lowest BCUT2D eigenvalue weighted by Gasteiger charge is -2.06. The molecule has 8 heteroatoms. The Bertz CT molecular complexity index is 1310. The fourth-order valence-electron chi connectivity index (χ4n) is 3.24. The largest absolute Gasteiger partial charge is 0.426 e. The number of rotatable bonds is 4. The SMILES string of the molecule is CCc1ccnc2c1[nH]c(=O)n2-c1ccc(Oc2nc3ccncc3[nH]2)cc1. The molecular formula is C20H16N6O2. The van der Waals surface area contributed by atoms with Gasteiger partial charge in [-0.05, 0) is 48.4 Å². The number of aromatic amines is 2. The van der Waals surface area contributed by atoms with Crippen molar-refractivity contribution in [2.75, 3.05) is 0 Å². The summed E-state index contributed by atoms with van der Waals surface area (Å²) in [4.78, 5) is 31.3. The van der Waals surface area contributed by atoms with E-state index in [1.165, 1.54) is 0 Å². The first-order valence-electron chi connectivity index (χ1n) is 8.89. The Kier molecular flexibility index (Phi) is 3.68. The van der Waals surface area contributed by atoms with Gasteiger partial charge in [-0.15, -0.1) is 0 Å². The monoisotopic (exact) mass is 372 g/mol. The van der Waals surface area contributed by atoms with E-state index in [4.69, 9.17) is 4.74 Å². The number of ether oxygens (including phenoxy) is 1. The first-order valence-corrected chi connectivity index (χ1v) is 8.89. The molecule has 0 saturated heterocycles. The van der Waals surface area contributed by atoms with E-state index in [0.29, 0.717) is 23.1 Å². The van der Waals surface area contributed by atoms with Gasteiger partial charge in [-0.3, -0.25) is 4.98 Å². The van der Waals surface area contributed by atoms with Crippen molar-refractivity contribution in [3.05, 3.63) is 71.0 Å². The van der Waals surface area contributed by atoms with Gasteiger partial charge in [-0.1, -0.05) is 6.92 Å². The smallest absolute Gasteiger partial charge is 0.332 e. The Labute approximate surface area is 158 Å². The molecule has 5 aromatic rings. The molecule has 0 radical (unpaired) electrons. The maximum absolute atomic E-state index is 12.5. The summed E-state index contributed by atoms with van der Waals surface area (Å²) in [6.45, 7) is 2.05. The number of nitrogens with zero attached hydrogens (tertiary/aromatic N) is 4. The van der Waals surface area contributed by atoms with Crippen LogP contribution in [-0.2, 0) is 6.42 Å². The van der Waals surface area contributed by atoms with Crippen molar-refractivity contribution in [2.45, 2.75) is 13.3 Å². The fraction of sp³-hybridized carbons (Fsp3) is 0.100. The maximum atomic E-state index is 12.5. The van der Waals surface area contributed by atoms with E-state index in [2.05, 4.69) is 24.9 Å². The van der Waals surface area contributed by atoms with Crippen molar-refractivity contribution in [3.63, 3.8) is 0 Å². The zero-order valence-corrected chi connectivity index (χ0v) is 15.0. The third-order valence-corrected chi connectivity index (χ3v) is 4.62. The summed E-state index contributed by atoms with van der Waals surface area (Å²) in [6, 6.07) is 11.3. The molecule has 4 heterocycles. The number of H-pyrrole nitrogens is 2. The maximum Gasteiger partial charge on any atom is 0.332 e. The van der Waals surface area contributed by atoms with E-state index < -0.39 is 0 Å². The number of fused-ring (bicyclic) bond motifs is 2. The number of aryl methyl sites for hydroxylation is 1. The first-order chi connectivity index (χ1) is 13.7. The van der Waals surface area contributed by atoms with E-state index in [9.17, 15) is 4.79 Å². The Morgan fingerprint density at radius 3 is 2.71 bits per heavy atom. The van der Waals surface area contributed by atoms with Crippen LogP contribution in [0, 0.1) is 0 Å². The fourth-order valence-corrected chi connectivity index (χ4v) is 3.24. The predicted molar refractivity (Wildman–Crippen MR) is 105 cm³/mol. The van der Waals surface area contributed by atoms with Crippen LogP contribution < -0.4 is 10.4 Å². The molecule has 1 aromatic carbocycles. The third kappa shape index (κ3) is 2.62. The second kappa shape index (κ2) is 6.34. The van der Waals surface area contributed by atoms with Gasteiger partial charge in [-0.25, -0.2) is 14.3 Å². The molecule has 0 aliphatic carbocycles. The molecule has 0 atom stereocenters. The molecule has 0 aliphatic rings. The van der Waals surface area contributed by atoms with Gasteiger partial charge in [0.15, 0.2) is 5.65 Å². The molecule has 5 rings (SSSR count). The van der Waals surface area contributed by atoms with Crippen LogP contribution in [0.2, 0.25) is 0 Å². The number of nitrogens with one attached hydrogen (secondary N) is 2. The number of hydrogen-bond donors (Lipinski definition) is 2. The van der Waals surface area contributed by atoms with Crippen LogP contribution in [0.15, 0.2) is 59.8 Å². The normalized spacial score (nSPS) is 11.3. The molecule has 0 amide bonds. The molecule has 0 spiro atoms.